The fourth-order valence-electron chi connectivity index (χ4n) is 2.60. The lowest BCUT2D eigenvalue weighted by molar-refractivity contribution is 0.522. The fourth-order valence-corrected chi connectivity index (χ4v) is 5.73. The Balaban J connectivity index is 2.33. The third-order valence-electron chi connectivity index (χ3n) is 3.82. The molecule has 1 aromatic rings. The Kier molecular flexibility index (Phi) is 4.35. The van der Waals surface area contributed by atoms with E-state index < -0.39 is 19.9 Å². The van der Waals surface area contributed by atoms with Crippen molar-refractivity contribution in [3.8, 4) is 0 Å². The maximum Gasteiger partial charge on any atom is 0.236 e. The number of sulfonamides is 1. The third-order valence-corrected chi connectivity index (χ3v) is 6.76. The summed E-state index contributed by atoms with van der Waals surface area (Å²) in [6, 6.07) is 7.45. The third kappa shape index (κ3) is 3.58. The molecule has 1 aliphatic rings. The molecule has 1 aliphatic heterocycles. The molecular weight excluding hydrogens is 310 g/mol. The first-order valence-corrected chi connectivity index (χ1v) is 10.6. The second-order valence-electron chi connectivity index (χ2n) is 5.89. The fraction of sp³-hybridized carbons (Fsp3) is 0.571. The second-order valence-corrected chi connectivity index (χ2v) is 10.2. The van der Waals surface area contributed by atoms with Crippen LogP contribution in [0.2, 0.25) is 0 Å². The van der Waals surface area contributed by atoms with Gasteiger partial charge in [0.1, 0.15) is 9.84 Å². The summed E-state index contributed by atoms with van der Waals surface area (Å²) in [6.45, 7) is 4.52. The van der Waals surface area contributed by atoms with Crippen LogP contribution in [0.1, 0.15) is 25.3 Å². The van der Waals surface area contributed by atoms with Gasteiger partial charge in [0.25, 0.3) is 0 Å². The van der Waals surface area contributed by atoms with Crippen LogP contribution < -0.4 is 4.31 Å². The van der Waals surface area contributed by atoms with Gasteiger partial charge in [-0.25, -0.2) is 16.8 Å². The molecule has 7 heteroatoms. The first kappa shape index (κ1) is 16.3. The number of fused-ring (bicyclic) bond motifs is 1. The molecule has 0 saturated heterocycles. The van der Waals surface area contributed by atoms with Gasteiger partial charge in [-0.2, -0.15) is 0 Å². The molecule has 5 nitrogen and oxygen atoms in total. The molecule has 0 aliphatic carbocycles. The van der Waals surface area contributed by atoms with E-state index in [0.29, 0.717) is 18.2 Å². The molecule has 0 fully saturated rings. The molecule has 0 aromatic heterocycles. The summed E-state index contributed by atoms with van der Waals surface area (Å²) in [5.74, 6) is -0.249. The lowest BCUT2D eigenvalue weighted by atomic mass is 9.90. The summed E-state index contributed by atoms with van der Waals surface area (Å²) in [7, 11) is -6.92. The van der Waals surface area contributed by atoms with Crippen LogP contribution >= 0.6 is 0 Å². The number of sulfone groups is 1. The first-order valence-electron chi connectivity index (χ1n) is 6.89. The minimum Gasteiger partial charge on any atom is -0.269 e. The molecule has 2 rings (SSSR count). The zero-order chi connectivity index (χ0) is 15.8. The van der Waals surface area contributed by atoms with Crippen LogP contribution in [0, 0.1) is 5.92 Å². The van der Waals surface area contributed by atoms with Gasteiger partial charge in [0.05, 0.1) is 17.2 Å². The number of benzene rings is 1. The Morgan fingerprint density at radius 1 is 1.14 bits per heavy atom. The minimum atomic E-state index is -3.62. The van der Waals surface area contributed by atoms with Gasteiger partial charge in [0.15, 0.2) is 0 Å². The van der Waals surface area contributed by atoms with Crippen molar-refractivity contribution in [3.05, 3.63) is 29.8 Å². The van der Waals surface area contributed by atoms with Crippen molar-refractivity contribution in [3.63, 3.8) is 0 Å². The molecule has 0 spiro atoms. The van der Waals surface area contributed by atoms with E-state index in [-0.39, 0.29) is 17.4 Å². The molecule has 0 radical (unpaired) electrons. The zero-order valence-corrected chi connectivity index (χ0v) is 14.1. The van der Waals surface area contributed by atoms with Gasteiger partial charge >= 0.3 is 0 Å². The van der Waals surface area contributed by atoms with Crippen molar-refractivity contribution >= 4 is 25.5 Å². The molecule has 1 heterocycles. The van der Waals surface area contributed by atoms with Crippen LogP contribution in [0.4, 0.5) is 5.69 Å². The van der Waals surface area contributed by atoms with Crippen molar-refractivity contribution in [2.24, 2.45) is 5.92 Å². The number of para-hydroxylation sites is 1. The number of anilines is 1. The van der Waals surface area contributed by atoms with Crippen molar-refractivity contribution < 1.29 is 16.8 Å². The van der Waals surface area contributed by atoms with E-state index in [9.17, 15) is 16.8 Å². The summed E-state index contributed by atoms with van der Waals surface area (Å²) < 4.78 is 48.8. The maximum atomic E-state index is 12.5. The average Bonchev–Trinajstić information content (AvgIpc) is 2.76. The van der Waals surface area contributed by atoms with Gasteiger partial charge in [0.2, 0.25) is 10.0 Å². The van der Waals surface area contributed by atoms with Gasteiger partial charge in [-0.15, -0.1) is 0 Å². The summed E-state index contributed by atoms with van der Waals surface area (Å²) in [5.41, 5.74) is 1.71. The first-order chi connectivity index (χ1) is 9.62. The van der Waals surface area contributed by atoms with Gasteiger partial charge in [-0.1, -0.05) is 32.0 Å². The van der Waals surface area contributed by atoms with Crippen molar-refractivity contribution in [2.45, 2.75) is 19.8 Å². The minimum absolute atomic E-state index is 0.147. The summed E-state index contributed by atoms with van der Waals surface area (Å²) >= 11 is 0. The van der Waals surface area contributed by atoms with Crippen molar-refractivity contribution in [1.29, 1.82) is 0 Å². The van der Waals surface area contributed by atoms with E-state index in [1.807, 2.05) is 12.1 Å². The highest BCUT2D eigenvalue weighted by molar-refractivity contribution is 7.95. The van der Waals surface area contributed by atoms with Crippen LogP contribution in [-0.4, -0.2) is 41.1 Å². The summed E-state index contributed by atoms with van der Waals surface area (Å²) in [5, 5.41) is 0. The topological polar surface area (TPSA) is 71.5 Å². The highest BCUT2D eigenvalue weighted by atomic mass is 32.2. The Morgan fingerprint density at radius 3 is 2.33 bits per heavy atom. The van der Waals surface area contributed by atoms with E-state index in [1.165, 1.54) is 4.31 Å². The molecule has 0 bridgehead atoms. The number of rotatable bonds is 5. The smallest absolute Gasteiger partial charge is 0.236 e. The Hall–Kier alpha value is -1.08. The monoisotopic (exact) mass is 331 g/mol. The quantitative estimate of drug-likeness (QED) is 0.822. The highest BCUT2D eigenvalue weighted by Crippen LogP contribution is 2.41. The normalized spacial score (nSPS) is 19.0. The Bertz CT molecular complexity index is 723. The van der Waals surface area contributed by atoms with Gasteiger partial charge in [0, 0.05) is 18.7 Å². The standard InChI is InChI=1S/C14H21NO4S2/c1-11(2)13-10-15(14-7-5-4-6-12(13)14)21(18,19)9-8-20(3,16)17/h4-7,11,13H,8-10H2,1-3H3/t13-/m0/s1. The molecular formula is C14H21NO4S2. The Morgan fingerprint density at radius 2 is 1.76 bits per heavy atom. The van der Waals surface area contributed by atoms with E-state index in [2.05, 4.69) is 13.8 Å². The average molecular weight is 331 g/mol. The molecule has 0 amide bonds. The van der Waals surface area contributed by atoms with Crippen LogP contribution in [0.25, 0.3) is 0 Å². The van der Waals surface area contributed by atoms with Gasteiger partial charge in [-0.05, 0) is 17.5 Å². The van der Waals surface area contributed by atoms with E-state index in [4.69, 9.17) is 0 Å². The van der Waals surface area contributed by atoms with E-state index >= 15 is 0 Å². The van der Waals surface area contributed by atoms with Crippen LogP contribution in [0.5, 0.6) is 0 Å². The van der Waals surface area contributed by atoms with Gasteiger partial charge < -0.3 is 0 Å². The number of nitrogens with zero attached hydrogens (tertiary/aromatic N) is 1. The maximum absolute atomic E-state index is 12.5. The molecule has 1 atom stereocenters. The van der Waals surface area contributed by atoms with Crippen molar-refractivity contribution in [2.75, 3.05) is 28.6 Å². The molecule has 1 aromatic carbocycles. The summed E-state index contributed by atoms with van der Waals surface area (Å²) in [6.07, 6.45) is 1.05. The van der Waals surface area contributed by atoms with E-state index in [1.54, 1.807) is 12.1 Å². The molecule has 118 valence electrons. The zero-order valence-electron chi connectivity index (χ0n) is 12.5. The number of hydrogen-bond acceptors (Lipinski definition) is 4. The SMILES string of the molecule is CC(C)[C@@H]1CN(S(=O)(=O)CCS(C)(=O)=O)c2ccccc21. The van der Waals surface area contributed by atoms with Crippen LogP contribution in [0.15, 0.2) is 24.3 Å². The molecule has 0 saturated carbocycles. The predicted molar refractivity (Wildman–Crippen MR) is 84.9 cm³/mol. The van der Waals surface area contributed by atoms with Crippen LogP contribution in [-0.2, 0) is 19.9 Å². The lowest BCUT2D eigenvalue weighted by Gasteiger charge is -2.20. The summed E-state index contributed by atoms with van der Waals surface area (Å²) in [4.78, 5) is 0. The lowest BCUT2D eigenvalue weighted by Crippen LogP contribution is -2.34. The predicted octanol–water partition coefficient (Wildman–Crippen LogP) is 1.62. The van der Waals surface area contributed by atoms with Crippen molar-refractivity contribution in [1.82, 2.24) is 0 Å². The Labute approximate surface area is 126 Å². The largest absolute Gasteiger partial charge is 0.269 e. The molecule has 0 N–H and O–H groups in total. The number of hydrogen-bond donors (Lipinski definition) is 0. The molecule has 0 unspecified atom stereocenters. The second kappa shape index (κ2) is 5.61. The van der Waals surface area contributed by atoms with Gasteiger partial charge in [-0.3, -0.25) is 4.31 Å². The highest BCUT2D eigenvalue weighted by Gasteiger charge is 2.36. The molecule has 21 heavy (non-hydrogen) atoms. The van der Waals surface area contributed by atoms with E-state index in [0.717, 1.165) is 11.8 Å². The van der Waals surface area contributed by atoms with Crippen LogP contribution in [0.3, 0.4) is 0 Å².